The van der Waals surface area contributed by atoms with Crippen molar-refractivity contribution in [3.05, 3.63) is 45.6 Å². The lowest BCUT2D eigenvalue weighted by Gasteiger charge is -2.23. The van der Waals surface area contributed by atoms with Crippen molar-refractivity contribution in [3.8, 4) is 0 Å². The van der Waals surface area contributed by atoms with E-state index in [0.29, 0.717) is 0 Å². The van der Waals surface area contributed by atoms with Gasteiger partial charge in [0.15, 0.2) is 9.84 Å². The van der Waals surface area contributed by atoms with Crippen LogP contribution in [0.5, 0.6) is 0 Å². The van der Waals surface area contributed by atoms with Crippen LogP contribution in [0.2, 0.25) is 0 Å². The first-order valence-electron chi connectivity index (χ1n) is 7.16. The highest BCUT2D eigenvalue weighted by molar-refractivity contribution is 7.90. The van der Waals surface area contributed by atoms with Gasteiger partial charge in [-0.15, -0.1) is 11.3 Å². The minimum atomic E-state index is -5.71. The van der Waals surface area contributed by atoms with Crippen LogP contribution in [0.1, 0.15) is 20.8 Å². The van der Waals surface area contributed by atoms with E-state index in [-0.39, 0.29) is 10.4 Å². The molecule has 1 aliphatic rings. The SMILES string of the molecule is O=C1c2sccc2CS(=O)(=O)c2cccc(NC(=O)C(O)(O)C(F)(F)F)c21. The monoisotopic (exact) mass is 421 g/mol. The molecule has 27 heavy (non-hydrogen) atoms. The van der Waals surface area contributed by atoms with Crippen LogP contribution in [0.4, 0.5) is 18.9 Å². The number of fused-ring (bicyclic) bond motifs is 2. The third kappa shape index (κ3) is 3.14. The second-order valence-electron chi connectivity index (χ2n) is 5.67. The van der Waals surface area contributed by atoms with E-state index < -0.39 is 55.4 Å². The van der Waals surface area contributed by atoms with Crippen LogP contribution in [0.25, 0.3) is 0 Å². The molecule has 1 aliphatic heterocycles. The van der Waals surface area contributed by atoms with Gasteiger partial charge < -0.3 is 15.5 Å². The molecule has 0 saturated heterocycles. The van der Waals surface area contributed by atoms with Gasteiger partial charge in [-0.1, -0.05) is 6.07 Å². The number of benzene rings is 1. The van der Waals surface area contributed by atoms with Crippen molar-refractivity contribution < 1.29 is 41.4 Å². The Kier molecular flexibility index (Phi) is 4.42. The van der Waals surface area contributed by atoms with Crippen molar-refractivity contribution in [2.45, 2.75) is 22.6 Å². The maximum atomic E-state index is 12.8. The van der Waals surface area contributed by atoms with Gasteiger partial charge in [0.25, 0.3) is 5.91 Å². The molecule has 0 bridgehead atoms. The van der Waals surface area contributed by atoms with Crippen LogP contribution >= 0.6 is 11.3 Å². The van der Waals surface area contributed by atoms with E-state index in [1.165, 1.54) is 11.4 Å². The molecule has 0 radical (unpaired) electrons. The summed E-state index contributed by atoms with van der Waals surface area (Å²) in [5.74, 6) is -8.30. The Bertz CT molecular complexity index is 1060. The Morgan fingerprint density at radius 2 is 1.85 bits per heavy atom. The molecule has 0 unspecified atom stereocenters. The molecule has 0 aliphatic carbocycles. The maximum Gasteiger partial charge on any atom is 0.453 e. The molecule has 2 heterocycles. The number of hydrogen-bond acceptors (Lipinski definition) is 7. The van der Waals surface area contributed by atoms with Gasteiger partial charge >= 0.3 is 12.0 Å². The molecule has 3 rings (SSSR count). The van der Waals surface area contributed by atoms with Crippen LogP contribution < -0.4 is 5.32 Å². The topological polar surface area (TPSA) is 121 Å². The third-order valence-corrected chi connectivity index (χ3v) is 6.50. The molecule has 0 saturated carbocycles. The van der Waals surface area contributed by atoms with Gasteiger partial charge in [-0.3, -0.25) is 9.59 Å². The molecular weight excluding hydrogens is 411 g/mol. The minimum absolute atomic E-state index is 0.0640. The molecule has 1 aromatic heterocycles. The Morgan fingerprint density at radius 3 is 2.48 bits per heavy atom. The summed E-state index contributed by atoms with van der Waals surface area (Å²) >= 11 is 0.943. The highest BCUT2D eigenvalue weighted by Gasteiger charge is 2.59. The van der Waals surface area contributed by atoms with E-state index >= 15 is 0 Å². The molecule has 1 aromatic carbocycles. The fraction of sp³-hybridized carbons (Fsp3) is 0.200. The van der Waals surface area contributed by atoms with Gasteiger partial charge in [0.2, 0.25) is 5.78 Å². The van der Waals surface area contributed by atoms with Gasteiger partial charge in [0.05, 0.1) is 26.8 Å². The number of halogens is 3. The Morgan fingerprint density at radius 1 is 1.19 bits per heavy atom. The molecule has 1 amide bonds. The van der Waals surface area contributed by atoms with Crippen molar-refractivity contribution in [2.24, 2.45) is 0 Å². The maximum absolute atomic E-state index is 12.8. The van der Waals surface area contributed by atoms with E-state index in [9.17, 15) is 31.2 Å². The zero-order chi connectivity index (χ0) is 20.2. The number of hydrogen-bond donors (Lipinski definition) is 3. The zero-order valence-corrected chi connectivity index (χ0v) is 14.7. The average molecular weight is 421 g/mol. The lowest BCUT2D eigenvalue weighted by molar-refractivity contribution is -0.326. The predicted octanol–water partition coefficient (Wildman–Crippen LogP) is 1.45. The Balaban J connectivity index is 2.15. The van der Waals surface area contributed by atoms with Crippen LogP contribution in [-0.2, 0) is 20.4 Å². The molecule has 0 atom stereocenters. The van der Waals surface area contributed by atoms with Crippen molar-refractivity contribution in [1.29, 1.82) is 0 Å². The van der Waals surface area contributed by atoms with E-state index in [1.54, 1.807) is 5.32 Å². The number of sulfone groups is 1. The number of ketones is 1. The van der Waals surface area contributed by atoms with E-state index in [1.807, 2.05) is 0 Å². The molecule has 0 fully saturated rings. The number of aliphatic hydroxyl groups is 2. The fourth-order valence-electron chi connectivity index (χ4n) is 2.51. The molecule has 0 spiro atoms. The first kappa shape index (κ1) is 19.5. The summed E-state index contributed by atoms with van der Waals surface area (Å²) in [6, 6.07) is 4.64. The smallest absolute Gasteiger partial charge is 0.351 e. The number of carbonyl (C=O) groups excluding carboxylic acids is 2. The first-order chi connectivity index (χ1) is 12.4. The minimum Gasteiger partial charge on any atom is -0.351 e. The highest BCUT2D eigenvalue weighted by atomic mass is 32.2. The van der Waals surface area contributed by atoms with Crippen molar-refractivity contribution in [3.63, 3.8) is 0 Å². The van der Waals surface area contributed by atoms with Gasteiger partial charge in [-0.05, 0) is 29.1 Å². The Hall–Kier alpha value is -2.28. The van der Waals surface area contributed by atoms with Crippen molar-refractivity contribution in [1.82, 2.24) is 0 Å². The number of amides is 1. The van der Waals surface area contributed by atoms with Crippen molar-refractivity contribution in [2.75, 3.05) is 5.32 Å². The number of carbonyl (C=O) groups is 2. The summed E-state index contributed by atoms with van der Waals surface area (Å²) in [4.78, 5) is 24.1. The number of anilines is 1. The van der Waals surface area contributed by atoms with E-state index in [2.05, 4.69) is 0 Å². The Labute approximate surface area is 154 Å². The van der Waals surface area contributed by atoms with E-state index in [0.717, 1.165) is 29.5 Å². The second-order valence-corrected chi connectivity index (χ2v) is 8.54. The average Bonchev–Trinajstić information content (AvgIpc) is 2.97. The molecule has 12 heteroatoms. The summed E-state index contributed by atoms with van der Waals surface area (Å²) < 4.78 is 63.0. The fourth-order valence-corrected chi connectivity index (χ4v) is 5.08. The molecular formula is C15H10F3NO6S2. The summed E-state index contributed by atoms with van der Waals surface area (Å²) in [6.45, 7) is 0. The van der Waals surface area contributed by atoms with Gasteiger partial charge in [-0.25, -0.2) is 8.42 Å². The normalized spacial score (nSPS) is 16.3. The highest BCUT2D eigenvalue weighted by Crippen LogP contribution is 2.37. The third-order valence-electron chi connectivity index (χ3n) is 3.85. The molecule has 3 N–H and O–H groups in total. The number of alkyl halides is 3. The van der Waals surface area contributed by atoms with E-state index in [4.69, 9.17) is 10.2 Å². The lowest BCUT2D eigenvalue weighted by Crippen LogP contribution is -2.54. The largest absolute Gasteiger partial charge is 0.453 e. The summed E-state index contributed by atoms with van der Waals surface area (Å²) in [5.41, 5.74) is -0.887. The van der Waals surface area contributed by atoms with Crippen molar-refractivity contribution >= 4 is 38.6 Å². The van der Waals surface area contributed by atoms with Crippen LogP contribution in [0, 0.1) is 0 Å². The van der Waals surface area contributed by atoms with Gasteiger partial charge in [0, 0.05) is 0 Å². The van der Waals surface area contributed by atoms with Crippen LogP contribution in [0.3, 0.4) is 0 Å². The quantitative estimate of drug-likeness (QED) is 0.632. The first-order valence-corrected chi connectivity index (χ1v) is 9.69. The predicted molar refractivity (Wildman–Crippen MR) is 86.9 cm³/mol. The molecule has 2 aromatic rings. The zero-order valence-electron chi connectivity index (χ0n) is 13.1. The molecule has 7 nitrogen and oxygen atoms in total. The molecule has 144 valence electrons. The standard InChI is InChI=1S/C15H10F3NO6S2/c16-15(17,18)14(22,23)13(21)19-8-2-1-3-9-10(8)11(20)12-7(4-5-26-12)6-27(9,24)25/h1-5,22-23H,6H2,(H,19,21). The van der Waals surface area contributed by atoms with Crippen LogP contribution in [-0.4, -0.2) is 42.3 Å². The van der Waals surface area contributed by atoms with Gasteiger partial charge in [-0.2, -0.15) is 13.2 Å². The second kappa shape index (κ2) is 6.12. The van der Waals surface area contributed by atoms with Crippen LogP contribution in [0.15, 0.2) is 34.5 Å². The summed E-state index contributed by atoms with van der Waals surface area (Å²) in [7, 11) is -4.03. The van der Waals surface area contributed by atoms with Gasteiger partial charge in [0.1, 0.15) is 0 Å². The summed E-state index contributed by atoms with van der Waals surface area (Å²) in [5, 5.41) is 21.2. The number of nitrogens with one attached hydrogen (secondary N) is 1. The summed E-state index contributed by atoms with van der Waals surface area (Å²) in [6.07, 6.45) is -5.71. The number of rotatable bonds is 2. The lowest BCUT2D eigenvalue weighted by atomic mass is 10.0. The number of thiophene rings is 1.